The molecular formula is C10H15N. The van der Waals surface area contributed by atoms with Gasteiger partial charge in [0.1, 0.15) is 0 Å². The van der Waals surface area contributed by atoms with E-state index < -0.39 is 0 Å². The third kappa shape index (κ3) is 1.81. The molecule has 0 aliphatic heterocycles. The van der Waals surface area contributed by atoms with Crippen LogP contribution in [0.2, 0.25) is 0 Å². The Balaban J connectivity index is 3.02. The van der Waals surface area contributed by atoms with E-state index in [1.807, 2.05) is 0 Å². The van der Waals surface area contributed by atoms with Crippen molar-refractivity contribution < 1.29 is 0 Å². The molecule has 1 nitrogen and oxygen atoms in total. The molecule has 0 aromatic heterocycles. The Hall–Kier alpha value is -0.820. The van der Waals surface area contributed by atoms with E-state index in [1.54, 1.807) is 0 Å². The summed E-state index contributed by atoms with van der Waals surface area (Å²) < 4.78 is 0. The van der Waals surface area contributed by atoms with Gasteiger partial charge in [0, 0.05) is 6.54 Å². The summed E-state index contributed by atoms with van der Waals surface area (Å²) in [5.74, 6) is 0. The van der Waals surface area contributed by atoms with Crippen LogP contribution in [0, 0.1) is 6.92 Å². The minimum Gasteiger partial charge on any atom is -0.326 e. The topological polar surface area (TPSA) is 26.0 Å². The second-order valence-electron chi connectivity index (χ2n) is 2.82. The molecule has 0 aliphatic rings. The van der Waals surface area contributed by atoms with E-state index in [9.17, 15) is 0 Å². The molecule has 0 saturated heterocycles. The van der Waals surface area contributed by atoms with Crippen LogP contribution < -0.4 is 5.73 Å². The highest BCUT2D eigenvalue weighted by atomic mass is 14.5. The Morgan fingerprint density at radius 1 is 1.36 bits per heavy atom. The molecule has 0 heterocycles. The number of aryl methyl sites for hydroxylation is 2. The van der Waals surface area contributed by atoms with E-state index in [0.29, 0.717) is 6.54 Å². The molecule has 0 radical (unpaired) electrons. The maximum absolute atomic E-state index is 5.57. The molecule has 1 aromatic rings. The first-order valence-corrected chi connectivity index (χ1v) is 4.06. The van der Waals surface area contributed by atoms with Crippen molar-refractivity contribution in [3.63, 3.8) is 0 Å². The molecule has 0 amide bonds. The second kappa shape index (κ2) is 3.54. The molecule has 0 aliphatic carbocycles. The van der Waals surface area contributed by atoms with Crippen molar-refractivity contribution in [3.05, 3.63) is 34.9 Å². The van der Waals surface area contributed by atoms with Crippen molar-refractivity contribution >= 4 is 0 Å². The van der Waals surface area contributed by atoms with Crippen molar-refractivity contribution in [2.75, 3.05) is 0 Å². The Kier molecular flexibility index (Phi) is 2.66. The zero-order valence-electron chi connectivity index (χ0n) is 7.22. The van der Waals surface area contributed by atoms with Gasteiger partial charge in [-0.05, 0) is 30.0 Å². The standard InChI is InChI=1S/C10H15N/c1-3-9-5-4-8(2)10(6-9)7-11/h4-6H,3,7,11H2,1-2H3. The minimum absolute atomic E-state index is 0.652. The molecule has 11 heavy (non-hydrogen) atoms. The minimum atomic E-state index is 0.652. The van der Waals surface area contributed by atoms with Crippen LogP contribution in [0.15, 0.2) is 18.2 Å². The van der Waals surface area contributed by atoms with Gasteiger partial charge in [0.05, 0.1) is 0 Å². The molecule has 60 valence electrons. The first-order chi connectivity index (χ1) is 5.27. The van der Waals surface area contributed by atoms with Gasteiger partial charge in [-0.2, -0.15) is 0 Å². The highest BCUT2D eigenvalue weighted by Gasteiger charge is 1.95. The summed E-state index contributed by atoms with van der Waals surface area (Å²) in [5, 5.41) is 0. The van der Waals surface area contributed by atoms with E-state index in [0.717, 1.165) is 6.42 Å². The van der Waals surface area contributed by atoms with Gasteiger partial charge < -0.3 is 5.73 Å². The van der Waals surface area contributed by atoms with Crippen LogP contribution in [0.1, 0.15) is 23.6 Å². The molecule has 1 aromatic carbocycles. The Morgan fingerprint density at radius 2 is 2.09 bits per heavy atom. The summed E-state index contributed by atoms with van der Waals surface area (Å²) in [4.78, 5) is 0. The smallest absolute Gasteiger partial charge is 0.0180 e. The van der Waals surface area contributed by atoms with Gasteiger partial charge in [-0.25, -0.2) is 0 Å². The first kappa shape index (κ1) is 8.28. The summed E-state index contributed by atoms with van der Waals surface area (Å²) in [6, 6.07) is 6.49. The van der Waals surface area contributed by atoms with Crippen molar-refractivity contribution in [1.82, 2.24) is 0 Å². The Morgan fingerprint density at radius 3 is 2.64 bits per heavy atom. The molecule has 2 N–H and O–H groups in total. The van der Waals surface area contributed by atoms with Crippen LogP contribution in [0.3, 0.4) is 0 Å². The highest BCUT2D eigenvalue weighted by Crippen LogP contribution is 2.10. The zero-order chi connectivity index (χ0) is 8.27. The molecule has 1 heteroatoms. The van der Waals surface area contributed by atoms with Crippen LogP contribution in [-0.2, 0) is 13.0 Å². The third-order valence-corrected chi connectivity index (χ3v) is 2.04. The quantitative estimate of drug-likeness (QED) is 0.684. The van der Waals surface area contributed by atoms with E-state index >= 15 is 0 Å². The monoisotopic (exact) mass is 149 g/mol. The Labute approximate surface area is 68.2 Å². The fraction of sp³-hybridized carbons (Fsp3) is 0.400. The van der Waals surface area contributed by atoms with Gasteiger partial charge in [-0.15, -0.1) is 0 Å². The van der Waals surface area contributed by atoms with E-state index in [1.165, 1.54) is 16.7 Å². The van der Waals surface area contributed by atoms with Gasteiger partial charge in [0.25, 0.3) is 0 Å². The number of rotatable bonds is 2. The fourth-order valence-corrected chi connectivity index (χ4v) is 1.16. The molecule has 0 atom stereocenters. The molecule has 0 unspecified atom stereocenters. The lowest BCUT2D eigenvalue weighted by molar-refractivity contribution is 1.03. The van der Waals surface area contributed by atoms with Crippen molar-refractivity contribution in [1.29, 1.82) is 0 Å². The average Bonchev–Trinajstić information content (AvgIpc) is 2.05. The lowest BCUT2D eigenvalue weighted by Gasteiger charge is -2.04. The summed E-state index contributed by atoms with van der Waals surface area (Å²) in [5.41, 5.74) is 9.51. The number of nitrogens with two attached hydrogens (primary N) is 1. The zero-order valence-corrected chi connectivity index (χ0v) is 7.22. The molecule has 1 rings (SSSR count). The summed E-state index contributed by atoms with van der Waals surface area (Å²) in [7, 11) is 0. The van der Waals surface area contributed by atoms with E-state index in [-0.39, 0.29) is 0 Å². The van der Waals surface area contributed by atoms with E-state index in [4.69, 9.17) is 5.73 Å². The molecule has 0 spiro atoms. The van der Waals surface area contributed by atoms with Gasteiger partial charge in [-0.3, -0.25) is 0 Å². The lowest BCUT2D eigenvalue weighted by Crippen LogP contribution is -1.99. The van der Waals surface area contributed by atoms with E-state index in [2.05, 4.69) is 32.0 Å². The summed E-state index contributed by atoms with van der Waals surface area (Å²) in [6.45, 7) is 4.91. The highest BCUT2D eigenvalue weighted by molar-refractivity contribution is 5.30. The fourth-order valence-electron chi connectivity index (χ4n) is 1.16. The summed E-state index contributed by atoms with van der Waals surface area (Å²) in [6.07, 6.45) is 1.09. The first-order valence-electron chi connectivity index (χ1n) is 4.06. The number of hydrogen-bond acceptors (Lipinski definition) is 1. The predicted molar refractivity (Wildman–Crippen MR) is 48.4 cm³/mol. The van der Waals surface area contributed by atoms with Crippen LogP contribution in [0.25, 0.3) is 0 Å². The maximum Gasteiger partial charge on any atom is 0.0180 e. The van der Waals surface area contributed by atoms with Gasteiger partial charge in [-0.1, -0.05) is 25.1 Å². The number of benzene rings is 1. The van der Waals surface area contributed by atoms with Crippen molar-refractivity contribution in [2.24, 2.45) is 5.73 Å². The molecule has 0 bridgehead atoms. The van der Waals surface area contributed by atoms with Crippen molar-refractivity contribution in [2.45, 2.75) is 26.8 Å². The largest absolute Gasteiger partial charge is 0.326 e. The van der Waals surface area contributed by atoms with Gasteiger partial charge in [0.2, 0.25) is 0 Å². The predicted octanol–water partition coefficient (Wildman–Crippen LogP) is 2.02. The maximum atomic E-state index is 5.57. The second-order valence-corrected chi connectivity index (χ2v) is 2.82. The lowest BCUT2D eigenvalue weighted by atomic mass is 10.0. The average molecular weight is 149 g/mol. The molecular weight excluding hydrogens is 134 g/mol. The SMILES string of the molecule is CCc1ccc(C)c(CN)c1. The van der Waals surface area contributed by atoms with Crippen molar-refractivity contribution in [3.8, 4) is 0 Å². The van der Waals surface area contributed by atoms with Crippen LogP contribution in [0.5, 0.6) is 0 Å². The molecule has 0 saturated carbocycles. The Bertz CT molecular complexity index is 241. The van der Waals surface area contributed by atoms with Gasteiger partial charge >= 0.3 is 0 Å². The summed E-state index contributed by atoms with van der Waals surface area (Å²) >= 11 is 0. The van der Waals surface area contributed by atoms with Crippen LogP contribution >= 0.6 is 0 Å². The number of hydrogen-bond donors (Lipinski definition) is 1. The van der Waals surface area contributed by atoms with Crippen LogP contribution in [0.4, 0.5) is 0 Å². The molecule has 0 fully saturated rings. The van der Waals surface area contributed by atoms with Crippen LogP contribution in [-0.4, -0.2) is 0 Å². The third-order valence-electron chi connectivity index (χ3n) is 2.04. The normalized spacial score (nSPS) is 10.1. The van der Waals surface area contributed by atoms with Gasteiger partial charge in [0.15, 0.2) is 0 Å².